The first-order valence-electron chi connectivity index (χ1n) is 10.2. The normalized spacial score (nSPS) is 10.2. The van der Waals surface area contributed by atoms with Gasteiger partial charge in [0.1, 0.15) is 0 Å². The van der Waals surface area contributed by atoms with Crippen molar-refractivity contribution >= 4 is 11.8 Å². The Morgan fingerprint density at radius 1 is 0.800 bits per heavy atom. The molecule has 2 N–H and O–H groups in total. The quantitative estimate of drug-likeness (QED) is 0.522. The van der Waals surface area contributed by atoms with Gasteiger partial charge in [0.2, 0.25) is 11.7 Å². The molecule has 0 radical (unpaired) electrons. The molecule has 0 heterocycles. The molecule has 30 heavy (non-hydrogen) atoms. The maximum atomic E-state index is 12.6. The number of benzene rings is 2. The molecule has 0 unspecified atom stereocenters. The molecule has 0 bridgehead atoms. The Kier molecular flexibility index (Phi) is 9.51. The van der Waals surface area contributed by atoms with Gasteiger partial charge in [-0.1, -0.05) is 30.3 Å². The molecule has 2 aromatic carbocycles. The van der Waals surface area contributed by atoms with Crippen molar-refractivity contribution in [2.75, 3.05) is 32.9 Å². The van der Waals surface area contributed by atoms with Gasteiger partial charge in [-0.15, -0.1) is 0 Å². The summed E-state index contributed by atoms with van der Waals surface area (Å²) in [5.41, 5.74) is 1.35. The van der Waals surface area contributed by atoms with Gasteiger partial charge in [-0.05, 0) is 38.5 Å². The van der Waals surface area contributed by atoms with Crippen molar-refractivity contribution in [1.29, 1.82) is 0 Å². The van der Waals surface area contributed by atoms with Crippen LogP contribution in [0.2, 0.25) is 0 Å². The van der Waals surface area contributed by atoms with E-state index in [0.29, 0.717) is 62.1 Å². The molecule has 2 aromatic rings. The second-order valence-corrected chi connectivity index (χ2v) is 6.37. The highest BCUT2D eigenvalue weighted by molar-refractivity contribution is 5.95. The molecular weight excluding hydrogens is 384 g/mol. The topological polar surface area (TPSA) is 85.9 Å². The summed E-state index contributed by atoms with van der Waals surface area (Å²) in [6.45, 7) is 7.56. The minimum absolute atomic E-state index is 0.0891. The number of hydrogen-bond acceptors (Lipinski definition) is 5. The number of ether oxygens (including phenoxy) is 3. The largest absolute Gasteiger partial charge is 0.490 e. The summed E-state index contributed by atoms with van der Waals surface area (Å²) in [5.74, 6) is 1.05. The van der Waals surface area contributed by atoms with Crippen LogP contribution in [0.15, 0.2) is 42.5 Å². The van der Waals surface area contributed by atoms with Gasteiger partial charge < -0.3 is 24.8 Å². The Morgan fingerprint density at radius 3 is 1.93 bits per heavy atom. The molecule has 2 rings (SSSR count). The molecule has 7 heteroatoms. The van der Waals surface area contributed by atoms with Crippen molar-refractivity contribution in [1.82, 2.24) is 10.6 Å². The van der Waals surface area contributed by atoms with Crippen LogP contribution in [0.1, 0.15) is 36.7 Å². The molecule has 0 saturated heterocycles. The van der Waals surface area contributed by atoms with E-state index in [9.17, 15) is 9.59 Å². The molecule has 0 saturated carbocycles. The van der Waals surface area contributed by atoms with Gasteiger partial charge in [0.15, 0.2) is 11.5 Å². The van der Waals surface area contributed by atoms with Gasteiger partial charge in [-0.2, -0.15) is 0 Å². The zero-order valence-electron chi connectivity index (χ0n) is 17.8. The third kappa shape index (κ3) is 6.99. The summed E-state index contributed by atoms with van der Waals surface area (Å²) in [6, 6.07) is 12.8. The SMILES string of the molecule is CCOc1cc(C(=O)NCCNC(=O)Cc2ccccc2)cc(OCC)c1OCC. The zero-order valence-corrected chi connectivity index (χ0v) is 17.8. The maximum Gasteiger partial charge on any atom is 0.251 e. The van der Waals surface area contributed by atoms with Crippen LogP contribution in [0.3, 0.4) is 0 Å². The van der Waals surface area contributed by atoms with E-state index in [0.717, 1.165) is 5.56 Å². The van der Waals surface area contributed by atoms with Crippen LogP contribution in [-0.4, -0.2) is 44.7 Å². The third-order valence-electron chi connectivity index (χ3n) is 4.11. The minimum Gasteiger partial charge on any atom is -0.490 e. The van der Waals surface area contributed by atoms with E-state index in [2.05, 4.69) is 10.6 Å². The van der Waals surface area contributed by atoms with E-state index in [4.69, 9.17) is 14.2 Å². The van der Waals surface area contributed by atoms with Crippen molar-refractivity contribution in [2.45, 2.75) is 27.2 Å². The highest BCUT2D eigenvalue weighted by Gasteiger charge is 2.18. The zero-order chi connectivity index (χ0) is 21.8. The number of rotatable bonds is 12. The smallest absolute Gasteiger partial charge is 0.251 e. The van der Waals surface area contributed by atoms with E-state index in [-0.39, 0.29) is 11.8 Å². The summed E-state index contributed by atoms with van der Waals surface area (Å²) in [6.07, 6.45) is 0.309. The van der Waals surface area contributed by atoms with Gasteiger partial charge >= 0.3 is 0 Å². The first kappa shape index (κ1) is 23.1. The van der Waals surface area contributed by atoms with E-state index in [1.54, 1.807) is 12.1 Å². The predicted octanol–water partition coefficient (Wildman–Crippen LogP) is 2.97. The monoisotopic (exact) mass is 414 g/mol. The summed E-state index contributed by atoms with van der Waals surface area (Å²) in [7, 11) is 0. The summed E-state index contributed by atoms with van der Waals surface area (Å²) >= 11 is 0. The fraction of sp³-hybridized carbons (Fsp3) is 0.391. The molecule has 0 fully saturated rings. The van der Waals surface area contributed by atoms with Crippen molar-refractivity contribution < 1.29 is 23.8 Å². The Hall–Kier alpha value is -3.22. The molecule has 0 atom stereocenters. The van der Waals surface area contributed by atoms with Crippen LogP contribution >= 0.6 is 0 Å². The average Bonchev–Trinajstić information content (AvgIpc) is 2.74. The Balaban J connectivity index is 1.94. The molecule has 162 valence electrons. The molecule has 0 aliphatic carbocycles. The van der Waals surface area contributed by atoms with Crippen LogP contribution in [0.5, 0.6) is 17.2 Å². The van der Waals surface area contributed by atoms with Crippen LogP contribution in [0.25, 0.3) is 0 Å². The maximum absolute atomic E-state index is 12.6. The van der Waals surface area contributed by atoms with Crippen LogP contribution in [-0.2, 0) is 11.2 Å². The summed E-state index contributed by atoms with van der Waals surface area (Å²) in [4.78, 5) is 24.6. The molecular formula is C23H30N2O5. The molecule has 0 spiro atoms. The van der Waals surface area contributed by atoms with Gasteiger partial charge in [0.25, 0.3) is 5.91 Å². The fourth-order valence-corrected chi connectivity index (χ4v) is 2.84. The Labute approximate surface area is 177 Å². The molecule has 0 aromatic heterocycles. The lowest BCUT2D eigenvalue weighted by atomic mass is 10.1. The highest BCUT2D eigenvalue weighted by atomic mass is 16.5. The Bertz CT molecular complexity index is 797. The number of nitrogens with one attached hydrogen (secondary N) is 2. The van der Waals surface area contributed by atoms with E-state index in [1.807, 2.05) is 51.1 Å². The van der Waals surface area contributed by atoms with Crippen LogP contribution < -0.4 is 24.8 Å². The first-order chi connectivity index (χ1) is 14.6. The van der Waals surface area contributed by atoms with Gasteiger partial charge in [-0.25, -0.2) is 0 Å². The lowest BCUT2D eigenvalue weighted by Crippen LogP contribution is -2.35. The standard InChI is InChI=1S/C23H30N2O5/c1-4-28-19-15-18(16-20(29-5-2)22(19)30-6-3)23(27)25-13-12-24-21(26)14-17-10-8-7-9-11-17/h7-11,15-16H,4-6,12-14H2,1-3H3,(H,24,26)(H,25,27). The van der Waals surface area contributed by atoms with Crippen molar-refractivity contribution in [3.05, 3.63) is 53.6 Å². The second-order valence-electron chi connectivity index (χ2n) is 6.37. The lowest BCUT2D eigenvalue weighted by molar-refractivity contribution is -0.120. The number of carbonyl (C=O) groups excluding carboxylic acids is 2. The van der Waals surface area contributed by atoms with E-state index < -0.39 is 0 Å². The fourth-order valence-electron chi connectivity index (χ4n) is 2.84. The number of amides is 2. The molecule has 2 amide bonds. The van der Waals surface area contributed by atoms with Gasteiger partial charge in [0, 0.05) is 18.7 Å². The summed E-state index contributed by atoms with van der Waals surface area (Å²) in [5, 5.41) is 5.61. The van der Waals surface area contributed by atoms with Crippen LogP contribution in [0.4, 0.5) is 0 Å². The first-order valence-corrected chi connectivity index (χ1v) is 10.2. The average molecular weight is 415 g/mol. The molecule has 0 aliphatic rings. The van der Waals surface area contributed by atoms with Gasteiger partial charge in [-0.3, -0.25) is 9.59 Å². The number of carbonyl (C=O) groups is 2. The molecule has 7 nitrogen and oxygen atoms in total. The highest BCUT2D eigenvalue weighted by Crippen LogP contribution is 2.39. The Morgan fingerprint density at radius 2 is 1.37 bits per heavy atom. The van der Waals surface area contributed by atoms with E-state index in [1.165, 1.54) is 0 Å². The van der Waals surface area contributed by atoms with Crippen molar-refractivity contribution in [3.8, 4) is 17.2 Å². The second kappa shape index (κ2) is 12.4. The lowest BCUT2D eigenvalue weighted by Gasteiger charge is -2.17. The van der Waals surface area contributed by atoms with Crippen LogP contribution in [0, 0.1) is 0 Å². The van der Waals surface area contributed by atoms with Gasteiger partial charge in [0.05, 0.1) is 26.2 Å². The number of hydrogen-bond donors (Lipinski definition) is 2. The van der Waals surface area contributed by atoms with Crippen molar-refractivity contribution in [2.24, 2.45) is 0 Å². The third-order valence-corrected chi connectivity index (χ3v) is 4.11. The summed E-state index contributed by atoms with van der Waals surface area (Å²) < 4.78 is 16.9. The van der Waals surface area contributed by atoms with E-state index >= 15 is 0 Å². The molecule has 0 aliphatic heterocycles. The predicted molar refractivity (Wildman–Crippen MR) is 115 cm³/mol. The van der Waals surface area contributed by atoms with Crippen molar-refractivity contribution in [3.63, 3.8) is 0 Å². The minimum atomic E-state index is -0.280.